The summed E-state index contributed by atoms with van der Waals surface area (Å²) in [5.74, 6) is -1.15. The Balaban J connectivity index is 1.86. The Morgan fingerprint density at radius 3 is 2.14 bits per heavy atom. The fraction of sp³-hybridized carbons (Fsp3) is 0.136. The third-order valence-corrected chi connectivity index (χ3v) is 4.18. The summed E-state index contributed by atoms with van der Waals surface area (Å²) in [5.41, 5.74) is 2.03. The molecule has 1 unspecified atom stereocenters. The van der Waals surface area contributed by atoms with Crippen LogP contribution in [0.4, 0.5) is 4.79 Å². The quantitative estimate of drug-likeness (QED) is 0.673. The van der Waals surface area contributed by atoms with Crippen molar-refractivity contribution in [1.29, 1.82) is 0 Å². The van der Waals surface area contributed by atoms with E-state index in [1.165, 1.54) is 11.1 Å². The van der Waals surface area contributed by atoms with Crippen molar-refractivity contribution < 1.29 is 19.4 Å². The van der Waals surface area contributed by atoms with Crippen LogP contribution in [0.15, 0.2) is 85.2 Å². The molecule has 0 aliphatic heterocycles. The van der Waals surface area contributed by atoms with Gasteiger partial charge in [0.25, 0.3) is 0 Å². The molecule has 3 aromatic rings. The van der Waals surface area contributed by atoms with Crippen LogP contribution in [0.1, 0.15) is 22.7 Å². The number of ether oxygens (including phenoxy) is 1. The van der Waals surface area contributed by atoms with E-state index in [1.54, 1.807) is 18.3 Å². The number of hydrogen-bond donors (Lipinski definition) is 1. The molecule has 6 heteroatoms. The molecular formula is C22H20N2O4. The van der Waals surface area contributed by atoms with E-state index in [9.17, 15) is 14.7 Å². The number of aromatic nitrogens is 1. The van der Waals surface area contributed by atoms with Crippen LogP contribution >= 0.6 is 0 Å². The molecule has 1 heterocycles. The van der Waals surface area contributed by atoms with Gasteiger partial charge in [0.2, 0.25) is 0 Å². The number of pyridine rings is 1. The number of nitrogens with zero attached hydrogens (tertiary/aromatic N) is 2. The minimum Gasteiger partial charge on any atom is -0.479 e. The van der Waals surface area contributed by atoms with Crippen molar-refractivity contribution in [1.82, 2.24) is 9.88 Å². The van der Waals surface area contributed by atoms with Crippen molar-refractivity contribution in [3.8, 4) is 0 Å². The molecule has 28 heavy (non-hydrogen) atoms. The van der Waals surface area contributed by atoms with E-state index in [-0.39, 0.29) is 13.2 Å². The van der Waals surface area contributed by atoms with Gasteiger partial charge in [0.05, 0.1) is 6.54 Å². The molecule has 1 aromatic heterocycles. The zero-order chi connectivity index (χ0) is 19.8. The highest BCUT2D eigenvalue weighted by Gasteiger charge is 2.32. The van der Waals surface area contributed by atoms with Gasteiger partial charge >= 0.3 is 12.1 Å². The van der Waals surface area contributed by atoms with Crippen molar-refractivity contribution in [3.63, 3.8) is 0 Å². The first-order valence-corrected chi connectivity index (χ1v) is 8.79. The average Bonchev–Trinajstić information content (AvgIpc) is 2.73. The van der Waals surface area contributed by atoms with Crippen molar-refractivity contribution >= 4 is 12.1 Å². The fourth-order valence-electron chi connectivity index (χ4n) is 2.84. The molecule has 0 aliphatic carbocycles. The molecule has 0 saturated carbocycles. The van der Waals surface area contributed by atoms with Crippen LogP contribution in [0.25, 0.3) is 0 Å². The molecule has 0 saturated heterocycles. The maximum absolute atomic E-state index is 12.9. The molecule has 6 nitrogen and oxygen atoms in total. The van der Waals surface area contributed by atoms with Crippen molar-refractivity contribution in [3.05, 3.63) is 102 Å². The molecule has 0 aliphatic rings. The standard InChI is InChI=1S/C22H20N2O4/c25-21(26)20(19-12-7-13-23-14-19)24(15-17-8-3-1-4-9-17)22(27)28-16-18-10-5-2-6-11-18/h1-14,20H,15-16H2,(H,25,26). The SMILES string of the molecule is O=C(O)C(c1cccnc1)N(Cc1ccccc1)C(=O)OCc1ccccc1. The Morgan fingerprint density at radius 1 is 0.929 bits per heavy atom. The minimum absolute atomic E-state index is 0.0599. The van der Waals surface area contributed by atoms with Crippen molar-refractivity contribution in [2.75, 3.05) is 0 Å². The third-order valence-electron chi connectivity index (χ3n) is 4.18. The molecule has 1 atom stereocenters. The lowest BCUT2D eigenvalue weighted by Gasteiger charge is -2.28. The third kappa shape index (κ3) is 4.94. The van der Waals surface area contributed by atoms with Gasteiger partial charge < -0.3 is 9.84 Å². The minimum atomic E-state index is -1.21. The van der Waals surface area contributed by atoms with Gasteiger partial charge in [-0.15, -0.1) is 0 Å². The number of hydrogen-bond acceptors (Lipinski definition) is 4. The van der Waals surface area contributed by atoms with E-state index in [4.69, 9.17) is 4.74 Å². The lowest BCUT2D eigenvalue weighted by atomic mass is 10.1. The zero-order valence-electron chi connectivity index (χ0n) is 15.1. The Hall–Kier alpha value is -3.67. The predicted octanol–water partition coefficient (Wildman–Crippen LogP) is 4.05. The second-order valence-electron chi connectivity index (χ2n) is 6.18. The summed E-state index contributed by atoms with van der Waals surface area (Å²) in [7, 11) is 0. The Labute approximate surface area is 163 Å². The average molecular weight is 376 g/mol. The molecule has 1 amide bonds. The fourth-order valence-corrected chi connectivity index (χ4v) is 2.84. The summed E-state index contributed by atoms with van der Waals surface area (Å²) in [6.07, 6.45) is 2.29. The van der Waals surface area contributed by atoms with E-state index >= 15 is 0 Å². The van der Waals surface area contributed by atoms with Gasteiger partial charge in [0.15, 0.2) is 6.04 Å². The van der Waals surface area contributed by atoms with Gasteiger partial charge in [-0.3, -0.25) is 9.88 Å². The van der Waals surface area contributed by atoms with Crippen LogP contribution in [0.3, 0.4) is 0 Å². The highest BCUT2D eigenvalue weighted by atomic mass is 16.6. The molecule has 1 N–H and O–H groups in total. The summed E-state index contributed by atoms with van der Waals surface area (Å²) in [4.78, 5) is 30.1. The lowest BCUT2D eigenvalue weighted by molar-refractivity contribution is -0.143. The number of amides is 1. The summed E-state index contributed by atoms with van der Waals surface area (Å²) < 4.78 is 5.42. The first-order valence-electron chi connectivity index (χ1n) is 8.79. The van der Waals surface area contributed by atoms with Gasteiger partial charge in [-0.1, -0.05) is 66.7 Å². The van der Waals surface area contributed by atoms with Gasteiger partial charge in [0, 0.05) is 18.0 Å². The highest BCUT2D eigenvalue weighted by Crippen LogP contribution is 2.24. The topological polar surface area (TPSA) is 79.7 Å². The first kappa shape index (κ1) is 19.1. The van der Waals surface area contributed by atoms with E-state index in [0.717, 1.165) is 11.1 Å². The second-order valence-corrected chi connectivity index (χ2v) is 6.18. The summed E-state index contributed by atoms with van der Waals surface area (Å²) >= 11 is 0. The summed E-state index contributed by atoms with van der Waals surface area (Å²) in [6, 6.07) is 20.5. The molecule has 3 rings (SSSR count). The second kappa shape index (κ2) is 9.32. The smallest absolute Gasteiger partial charge is 0.411 e. The number of carbonyl (C=O) groups excluding carboxylic acids is 1. The molecule has 0 spiro atoms. The number of carbonyl (C=O) groups is 2. The highest BCUT2D eigenvalue weighted by molar-refractivity contribution is 5.81. The normalized spacial score (nSPS) is 11.4. The van der Waals surface area contributed by atoms with Gasteiger partial charge in [-0.25, -0.2) is 9.59 Å². The molecule has 0 fully saturated rings. The van der Waals surface area contributed by atoms with Crippen molar-refractivity contribution in [2.45, 2.75) is 19.2 Å². The Morgan fingerprint density at radius 2 is 1.57 bits per heavy atom. The largest absolute Gasteiger partial charge is 0.479 e. The maximum Gasteiger partial charge on any atom is 0.411 e. The van der Waals surface area contributed by atoms with E-state index < -0.39 is 18.1 Å². The van der Waals surface area contributed by atoms with E-state index in [0.29, 0.717) is 5.56 Å². The van der Waals surface area contributed by atoms with Gasteiger partial charge in [-0.05, 0) is 17.2 Å². The monoisotopic (exact) mass is 376 g/mol. The van der Waals surface area contributed by atoms with Crippen LogP contribution < -0.4 is 0 Å². The number of benzene rings is 2. The Bertz CT molecular complexity index is 902. The lowest BCUT2D eigenvalue weighted by Crippen LogP contribution is -2.39. The molecule has 0 bridgehead atoms. The van der Waals surface area contributed by atoms with Crippen LogP contribution in [0.5, 0.6) is 0 Å². The summed E-state index contributed by atoms with van der Waals surface area (Å²) in [6.45, 7) is 0.157. The molecular weight excluding hydrogens is 356 g/mol. The van der Waals surface area contributed by atoms with Crippen LogP contribution in [-0.2, 0) is 22.7 Å². The number of carboxylic acid groups (broad SMARTS) is 1. The summed E-state index contributed by atoms with van der Waals surface area (Å²) in [5, 5.41) is 9.83. The zero-order valence-corrected chi connectivity index (χ0v) is 15.1. The number of aliphatic carboxylic acids is 1. The number of carboxylic acids is 1. The molecule has 142 valence electrons. The van der Waals surface area contributed by atoms with Gasteiger partial charge in [-0.2, -0.15) is 0 Å². The first-order chi connectivity index (χ1) is 13.6. The maximum atomic E-state index is 12.9. The molecule has 2 aromatic carbocycles. The van der Waals surface area contributed by atoms with Crippen LogP contribution in [0.2, 0.25) is 0 Å². The van der Waals surface area contributed by atoms with Crippen molar-refractivity contribution in [2.24, 2.45) is 0 Å². The van der Waals surface area contributed by atoms with Gasteiger partial charge in [0.1, 0.15) is 6.61 Å². The number of rotatable bonds is 7. The predicted molar refractivity (Wildman–Crippen MR) is 103 cm³/mol. The molecule has 0 radical (unpaired) electrons. The Kier molecular flexibility index (Phi) is 6.36. The van der Waals surface area contributed by atoms with E-state index in [2.05, 4.69) is 4.98 Å². The van der Waals surface area contributed by atoms with E-state index in [1.807, 2.05) is 60.7 Å². The van der Waals surface area contributed by atoms with Crippen LogP contribution in [0, 0.1) is 0 Å². The van der Waals surface area contributed by atoms with Crippen LogP contribution in [-0.4, -0.2) is 27.1 Å².